The Kier molecular flexibility index (Phi) is 10.6. The van der Waals surface area contributed by atoms with Crippen LogP contribution in [0.1, 0.15) is 68.4 Å². The lowest BCUT2D eigenvalue weighted by Crippen LogP contribution is -2.63. The Hall–Kier alpha value is -4.31. The number of allylic oxidation sites excluding steroid dienone is 1. The Labute approximate surface area is 273 Å². The fourth-order valence-electron chi connectivity index (χ4n) is 6.55. The summed E-state index contributed by atoms with van der Waals surface area (Å²) in [4.78, 5) is 72.4. The summed E-state index contributed by atoms with van der Waals surface area (Å²) in [7, 11) is -4.46. The van der Waals surface area contributed by atoms with Gasteiger partial charge in [0.2, 0.25) is 23.6 Å². The molecule has 12 heteroatoms. The molecule has 1 unspecified atom stereocenters. The maximum atomic E-state index is 13.9. The molecule has 11 nitrogen and oxygen atoms in total. The van der Waals surface area contributed by atoms with Crippen molar-refractivity contribution in [2.75, 3.05) is 0 Å². The van der Waals surface area contributed by atoms with Gasteiger partial charge in [-0.3, -0.25) is 23.7 Å². The van der Waals surface area contributed by atoms with Crippen LogP contribution in [-0.4, -0.2) is 51.0 Å². The van der Waals surface area contributed by atoms with E-state index in [1.54, 1.807) is 12.1 Å². The van der Waals surface area contributed by atoms with Gasteiger partial charge in [-0.15, -0.1) is 0 Å². The molecule has 5 rings (SSSR count). The molecule has 47 heavy (non-hydrogen) atoms. The van der Waals surface area contributed by atoms with Gasteiger partial charge in [0.25, 0.3) is 0 Å². The fourth-order valence-corrected chi connectivity index (χ4v) is 7.09. The number of amides is 4. The van der Waals surface area contributed by atoms with Crippen molar-refractivity contribution in [3.63, 3.8) is 0 Å². The van der Waals surface area contributed by atoms with E-state index in [-0.39, 0.29) is 17.6 Å². The van der Waals surface area contributed by atoms with Crippen LogP contribution in [0.25, 0.3) is 10.8 Å². The largest absolute Gasteiger partial charge is 0.370 e. The molecule has 1 fully saturated rings. The Balaban J connectivity index is 1.51. The number of nitrogens with two attached hydrogens (primary N) is 1. The maximum absolute atomic E-state index is 13.9. The number of hydrogen-bond donors (Lipinski definition) is 6. The van der Waals surface area contributed by atoms with Gasteiger partial charge in [0.1, 0.15) is 11.6 Å². The molecule has 0 saturated heterocycles. The third-order valence-electron chi connectivity index (χ3n) is 9.04. The van der Waals surface area contributed by atoms with Crippen LogP contribution >= 0.6 is 7.60 Å². The smallest absolute Gasteiger partial charge is 0.356 e. The highest BCUT2D eigenvalue weighted by molar-refractivity contribution is 7.60. The molecule has 3 aromatic carbocycles. The number of hydrogen-bond acceptors (Lipinski definition) is 5. The number of primary amides is 1. The van der Waals surface area contributed by atoms with Crippen molar-refractivity contribution in [3.8, 4) is 0 Å². The maximum Gasteiger partial charge on any atom is 0.356 e. The zero-order chi connectivity index (χ0) is 33.6. The fraction of sp³-hybridized carbons (Fsp3) is 0.371. The van der Waals surface area contributed by atoms with Crippen LogP contribution < -0.4 is 27.0 Å². The second-order valence-electron chi connectivity index (χ2n) is 12.6. The second-order valence-corrected chi connectivity index (χ2v) is 14.2. The standard InChI is InChI=1S/C35H41N4O7P/c36-31(40)22-30-33(42)37-28(20-23-11-12-24-7-2-3-8-26(24)19-23)10-6-9-27(25-13-15-29(16-14-25)47(44,45)46)21-32(41)39-35(34(43)38-30)17-4-1-5-18-35/h2-3,6-9,11-16,19,27-28,30H,1,4-5,10,17-18,20-22H2,(H2,36,40)(H,37,42)(H,38,43)(H,39,41)(H2,44,45,46)/b9-6+/t27?,28-,30+/m1/s1. The molecule has 248 valence electrons. The molecular weight excluding hydrogens is 619 g/mol. The van der Waals surface area contributed by atoms with Gasteiger partial charge in [0.05, 0.1) is 11.7 Å². The van der Waals surface area contributed by atoms with Crippen molar-refractivity contribution in [1.29, 1.82) is 0 Å². The number of fused-ring (bicyclic) bond motifs is 1. The van der Waals surface area contributed by atoms with Gasteiger partial charge in [-0.2, -0.15) is 0 Å². The van der Waals surface area contributed by atoms with E-state index in [1.165, 1.54) is 12.1 Å². The summed E-state index contributed by atoms with van der Waals surface area (Å²) in [5.41, 5.74) is 5.88. The molecular formula is C35H41N4O7P. The average Bonchev–Trinajstić information content (AvgIpc) is 3.03. The highest BCUT2D eigenvalue weighted by Crippen LogP contribution is 2.34. The summed E-state index contributed by atoms with van der Waals surface area (Å²) in [5.74, 6) is -2.68. The molecule has 1 aliphatic carbocycles. The minimum Gasteiger partial charge on any atom is -0.370 e. The number of nitrogens with one attached hydrogen (secondary N) is 3. The van der Waals surface area contributed by atoms with Crippen LogP contribution in [0.4, 0.5) is 0 Å². The number of carbonyl (C=O) groups is 4. The van der Waals surface area contributed by atoms with Gasteiger partial charge in [-0.25, -0.2) is 0 Å². The first-order chi connectivity index (χ1) is 22.4. The van der Waals surface area contributed by atoms with E-state index < -0.39 is 55.3 Å². The van der Waals surface area contributed by atoms with E-state index in [0.717, 1.165) is 22.8 Å². The lowest BCUT2D eigenvalue weighted by molar-refractivity contribution is -0.138. The topological polar surface area (TPSA) is 188 Å². The molecule has 1 heterocycles. The summed E-state index contributed by atoms with van der Waals surface area (Å²) in [6.07, 6.45) is 7.15. The van der Waals surface area contributed by atoms with E-state index in [9.17, 15) is 33.5 Å². The number of rotatable bonds is 6. The SMILES string of the molecule is NC(=O)C[C@@H]1NC(=O)C2(CCCCC2)NC(=O)CC(c2ccc(P(=O)(O)O)cc2)/C=C/C[C@H](Cc2ccc3ccccc3c2)NC1=O. The first kappa shape index (κ1) is 34.0. The van der Waals surface area contributed by atoms with Crippen molar-refractivity contribution < 1.29 is 33.5 Å². The molecule has 3 aromatic rings. The Morgan fingerprint density at radius 1 is 0.915 bits per heavy atom. The predicted molar refractivity (Wildman–Crippen MR) is 179 cm³/mol. The number of carbonyl (C=O) groups excluding carboxylic acids is 4. The van der Waals surface area contributed by atoms with E-state index in [0.29, 0.717) is 44.1 Å². The molecule has 1 aliphatic heterocycles. The van der Waals surface area contributed by atoms with Gasteiger partial charge in [0.15, 0.2) is 0 Å². The molecule has 0 aromatic heterocycles. The zero-order valence-electron chi connectivity index (χ0n) is 26.1. The minimum absolute atomic E-state index is 0.0206. The first-order valence-corrected chi connectivity index (χ1v) is 17.5. The molecule has 1 spiro atoms. The lowest BCUT2D eigenvalue weighted by Gasteiger charge is -2.38. The van der Waals surface area contributed by atoms with E-state index >= 15 is 0 Å². The van der Waals surface area contributed by atoms with Crippen molar-refractivity contribution in [2.24, 2.45) is 5.73 Å². The van der Waals surface area contributed by atoms with Crippen LogP contribution in [0.15, 0.2) is 78.9 Å². The van der Waals surface area contributed by atoms with Gasteiger partial charge in [-0.05, 0) is 59.7 Å². The van der Waals surface area contributed by atoms with E-state index in [2.05, 4.69) is 22.0 Å². The van der Waals surface area contributed by atoms with Crippen molar-refractivity contribution in [1.82, 2.24) is 16.0 Å². The van der Waals surface area contributed by atoms with Crippen LogP contribution in [0, 0.1) is 0 Å². The van der Waals surface area contributed by atoms with E-state index in [1.807, 2.05) is 48.6 Å². The van der Waals surface area contributed by atoms with Crippen molar-refractivity contribution in [3.05, 3.63) is 90.0 Å². The molecule has 2 aliphatic rings. The summed E-state index contributed by atoms with van der Waals surface area (Å²) in [6, 6.07) is 18.2. The zero-order valence-corrected chi connectivity index (χ0v) is 27.0. The third-order valence-corrected chi connectivity index (χ3v) is 10.0. The second kappa shape index (κ2) is 14.6. The molecule has 0 bridgehead atoms. The van der Waals surface area contributed by atoms with Crippen LogP contribution in [0.5, 0.6) is 0 Å². The quantitative estimate of drug-likeness (QED) is 0.173. The monoisotopic (exact) mass is 660 g/mol. The Morgan fingerprint density at radius 2 is 1.62 bits per heavy atom. The van der Waals surface area contributed by atoms with Crippen molar-refractivity contribution in [2.45, 2.75) is 81.3 Å². The van der Waals surface area contributed by atoms with Crippen molar-refractivity contribution >= 4 is 47.3 Å². The average molecular weight is 661 g/mol. The summed E-state index contributed by atoms with van der Waals surface area (Å²) in [6.45, 7) is 0. The van der Waals surface area contributed by atoms with Crippen LogP contribution in [0.2, 0.25) is 0 Å². The summed E-state index contributed by atoms with van der Waals surface area (Å²) in [5, 5.41) is 10.7. The van der Waals surface area contributed by atoms with Gasteiger partial charge in [-0.1, -0.05) is 86.0 Å². The molecule has 0 radical (unpaired) electrons. The predicted octanol–water partition coefficient (Wildman–Crippen LogP) is 2.98. The number of benzene rings is 3. The minimum atomic E-state index is -4.46. The Morgan fingerprint density at radius 3 is 2.30 bits per heavy atom. The third kappa shape index (κ3) is 8.74. The van der Waals surface area contributed by atoms with Crippen LogP contribution in [0.3, 0.4) is 0 Å². The highest BCUT2D eigenvalue weighted by atomic mass is 31.2. The Bertz CT molecular complexity index is 1710. The van der Waals surface area contributed by atoms with Crippen LogP contribution in [-0.2, 0) is 30.2 Å². The van der Waals surface area contributed by atoms with Gasteiger partial charge < -0.3 is 31.5 Å². The highest BCUT2D eigenvalue weighted by Gasteiger charge is 2.43. The first-order valence-electron chi connectivity index (χ1n) is 15.9. The lowest BCUT2D eigenvalue weighted by atomic mass is 9.80. The molecule has 3 atom stereocenters. The molecule has 4 amide bonds. The summed E-state index contributed by atoms with van der Waals surface area (Å²) >= 11 is 0. The normalized spacial score (nSPS) is 23.3. The van der Waals surface area contributed by atoms with E-state index in [4.69, 9.17) is 5.73 Å². The van der Waals surface area contributed by atoms with Gasteiger partial charge in [0, 0.05) is 18.4 Å². The van der Waals surface area contributed by atoms with Gasteiger partial charge >= 0.3 is 7.60 Å². The molecule has 1 saturated carbocycles. The summed E-state index contributed by atoms with van der Waals surface area (Å²) < 4.78 is 11.8. The molecule has 7 N–H and O–H groups in total.